The van der Waals surface area contributed by atoms with Crippen molar-refractivity contribution in [1.29, 1.82) is 0 Å². The van der Waals surface area contributed by atoms with Gasteiger partial charge >= 0.3 is 0 Å². The van der Waals surface area contributed by atoms with E-state index < -0.39 is 0 Å². The fraction of sp³-hybridized carbons (Fsp3) is 0.538. The first-order valence-electron chi connectivity index (χ1n) is 5.92. The van der Waals surface area contributed by atoms with Crippen molar-refractivity contribution < 1.29 is 13.9 Å². The highest BCUT2D eigenvalue weighted by molar-refractivity contribution is 9.10. The maximum absolute atomic E-state index is 13.2. The number of thiol groups is 1. The van der Waals surface area contributed by atoms with Crippen LogP contribution in [-0.2, 0) is 4.74 Å². The molecule has 0 bridgehead atoms. The highest BCUT2D eigenvalue weighted by atomic mass is 79.9. The average molecular weight is 335 g/mol. The Morgan fingerprint density at radius 1 is 1.39 bits per heavy atom. The van der Waals surface area contributed by atoms with Crippen molar-refractivity contribution in [3.8, 4) is 5.75 Å². The van der Waals surface area contributed by atoms with Crippen LogP contribution in [0.3, 0.4) is 0 Å². The Morgan fingerprint density at radius 3 is 2.78 bits per heavy atom. The second-order valence-electron chi connectivity index (χ2n) is 4.63. The topological polar surface area (TPSA) is 18.5 Å². The second-order valence-corrected chi connectivity index (χ2v) is 5.80. The van der Waals surface area contributed by atoms with E-state index in [9.17, 15) is 4.39 Å². The largest absolute Gasteiger partial charge is 0.492 e. The lowest BCUT2D eigenvalue weighted by Gasteiger charge is -2.35. The monoisotopic (exact) mass is 334 g/mol. The van der Waals surface area contributed by atoms with E-state index in [1.807, 2.05) is 0 Å². The minimum absolute atomic E-state index is 0.0348. The van der Waals surface area contributed by atoms with Crippen molar-refractivity contribution in [2.75, 3.05) is 25.6 Å². The Labute approximate surface area is 120 Å². The summed E-state index contributed by atoms with van der Waals surface area (Å²) in [5, 5.41) is 0. The molecule has 0 spiro atoms. The Balaban J connectivity index is 2.03. The number of benzene rings is 1. The maximum atomic E-state index is 13.2. The van der Waals surface area contributed by atoms with Crippen LogP contribution < -0.4 is 4.74 Å². The lowest BCUT2D eigenvalue weighted by atomic mass is 9.83. The van der Waals surface area contributed by atoms with Crippen LogP contribution >= 0.6 is 28.6 Å². The Kier molecular flexibility index (Phi) is 4.92. The fourth-order valence-electron chi connectivity index (χ4n) is 1.97. The van der Waals surface area contributed by atoms with Crippen molar-refractivity contribution in [2.45, 2.75) is 12.8 Å². The number of ether oxygens (including phenoxy) is 2. The number of halogens is 2. The third kappa shape index (κ3) is 3.39. The second kappa shape index (κ2) is 6.26. The van der Waals surface area contributed by atoms with Crippen LogP contribution in [0.4, 0.5) is 4.39 Å². The molecule has 0 unspecified atom stereocenters. The van der Waals surface area contributed by atoms with Gasteiger partial charge in [-0.05, 0) is 46.7 Å². The molecule has 1 heterocycles. The van der Waals surface area contributed by atoms with Crippen LogP contribution in [0, 0.1) is 11.2 Å². The predicted molar refractivity (Wildman–Crippen MR) is 75.9 cm³/mol. The molecule has 1 fully saturated rings. The van der Waals surface area contributed by atoms with E-state index in [2.05, 4.69) is 28.6 Å². The lowest BCUT2D eigenvalue weighted by Crippen LogP contribution is -2.36. The average Bonchev–Trinajstić information content (AvgIpc) is 2.41. The summed E-state index contributed by atoms with van der Waals surface area (Å²) >= 11 is 7.78. The summed E-state index contributed by atoms with van der Waals surface area (Å²) in [4.78, 5) is 0. The summed E-state index contributed by atoms with van der Waals surface area (Å²) in [5.41, 5.74) is 0.0348. The molecule has 1 aromatic carbocycles. The van der Waals surface area contributed by atoms with Gasteiger partial charge in [0.1, 0.15) is 11.6 Å². The molecule has 1 aromatic rings. The molecule has 100 valence electrons. The molecule has 0 radical (unpaired) electrons. The smallest absolute Gasteiger partial charge is 0.136 e. The molecule has 0 amide bonds. The molecule has 5 heteroatoms. The standard InChI is InChI=1S/C13H16BrFO2S/c14-11-2-1-10(15)7-12(11)17-8-13(9-18)3-5-16-6-4-13/h1-2,7,18H,3-6,8-9H2. The van der Waals surface area contributed by atoms with Gasteiger partial charge in [-0.2, -0.15) is 12.6 Å². The normalized spacial score (nSPS) is 18.6. The van der Waals surface area contributed by atoms with Gasteiger partial charge in [-0.3, -0.25) is 0 Å². The first kappa shape index (κ1) is 14.2. The third-order valence-corrected chi connectivity index (χ3v) is 4.64. The zero-order chi connectivity index (χ0) is 13.0. The minimum Gasteiger partial charge on any atom is -0.492 e. The Hall–Kier alpha value is -0.260. The summed E-state index contributed by atoms with van der Waals surface area (Å²) in [6.45, 7) is 2.03. The van der Waals surface area contributed by atoms with Crippen molar-refractivity contribution in [1.82, 2.24) is 0 Å². The van der Waals surface area contributed by atoms with Crippen molar-refractivity contribution >= 4 is 28.6 Å². The van der Waals surface area contributed by atoms with Gasteiger partial charge in [0, 0.05) is 24.7 Å². The van der Waals surface area contributed by atoms with Gasteiger partial charge in [-0.1, -0.05) is 0 Å². The third-order valence-electron chi connectivity index (χ3n) is 3.32. The lowest BCUT2D eigenvalue weighted by molar-refractivity contribution is 0.00292. The molecule has 0 saturated carbocycles. The maximum Gasteiger partial charge on any atom is 0.136 e. The predicted octanol–water partition coefficient (Wildman–Crippen LogP) is 3.69. The van der Waals surface area contributed by atoms with Crippen molar-refractivity contribution in [2.24, 2.45) is 5.41 Å². The molecule has 0 atom stereocenters. The van der Waals surface area contributed by atoms with Gasteiger partial charge in [0.15, 0.2) is 0 Å². The van der Waals surface area contributed by atoms with E-state index in [1.54, 1.807) is 6.07 Å². The first-order chi connectivity index (χ1) is 8.65. The highest BCUT2D eigenvalue weighted by Gasteiger charge is 2.32. The first-order valence-corrected chi connectivity index (χ1v) is 7.34. The molecule has 0 aliphatic carbocycles. The van der Waals surface area contributed by atoms with Crippen LogP contribution in [0.15, 0.2) is 22.7 Å². The van der Waals surface area contributed by atoms with E-state index >= 15 is 0 Å². The molecule has 1 saturated heterocycles. The molecule has 18 heavy (non-hydrogen) atoms. The summed E-state index contributed by atoms with van der Waals surface area (Å²) in [6, 6.07) is 4.46. The summed E-state index contributed by atoms with van der Waals surface area (Å²) in [5.74, 6) is 1.01. The number of hydrogen-bond acceptors (Lipinski definition) is 3. The molecule has 2 nitrogen and oxygen atoms in total. The zero-order valence-electron chi connectivity index (χ0n) is 9.99. The van der Waals surface area contributed by atoms with Crippen LogP contribution in [0.25, 0.3) is 0 Å². The van der Waals surface area contributed by atoms with Crippen molar-refractivity contribution in [3.05, 3.63) is 28.5 Å². The van der Waals surface area contributed by atoms with E-state index in [-0.39, 0.29) is 11.2 Å². The van der Waals surface area contributed by atoms with Crippen LogP contribution in [0.1, 0.15) is 12.8 Å². The molecular weight excluding hydrogens is 319 g/mol. The molecule has 1 aliphatic rings. The van der Waals surface area contributed by atoms with Crippen LogP contribution in [-0.4, -0.2) is 25.6 Å². The van der Waals surface area contributed by atoms with E-state index in [1.165, 1.54) is 12.1 Å². The van der Waals surface area contributed by atoms with Gasteiger partial charge < -0.3 is 9.47 Å². The molecular formula is C13H16BrFO2S. The quantitative estimate of drug-likeness (QED) is 0.846. The van der Waals surface area contributed by atoms with Crippen molar-refractivity contribution in [3.63, 3.8) is 0 Å². The Bertz CT molecular complexity index is 408. The van der Waals surface area contributed by atoms with E-state index in [4.69, 9.17) is 9.47 Å². The van der Waals surface area contributed by atoms with E-state index in [0.717, 1.165) is 36.3 Å². The van der Waals surface area contributed by atoms with Gasteiger partial charge in [0.2, 0.25) is 0 Å². The van der Waals surface area contributed by atoms with Crippen LogP contribution in [0.2, 0.25) is 0 Å². The minimum atomic E-state index is -0.292. The summed E-state index contributed by atoms with van der Waals surface area (Å²) in [7, 11) is 0. The summed E-state index contributed by atoms with van der Waals surface area (Å²) in [6.07, 6.45) is 1.87. The molecule has 1 aliphatic heterocycles. The zero-order valence-corrected chi connectivity index (χ0v) is 12.5. The summed E-state index contributed by atoms with van der Waals surface area (Å²) < 4.78 is 25.0. The molecule has 2 rings (SSSR count). The van der Waals surface area contributed by atoms with Gasteiger partial charge in [0.05, 0.1) is 11.1 Å². The van der Waals surface area contributed by atoms with Gasteiger partial charge in [-0.15, -0.1) is 0 Å². The van der Waals surface area contributed by atoms with Gasteiger partial charge in [0.25, 0.3) is 0 Å². The van der Waals surface area contributed by atoms with Gasteiger partial charge in [-0.25, -0.2) is 4.39 Å². The van der Waals surface area contributed by atoms with E-state index in [0.29, 0.717) is 12.4 Å². The SMILES string of the molecule is Fc1ccc(Br)c(OCC2(CS)CCOCC2)c1. The fourth-order valence-corrected chi connectivity index (χ4v) is 2.74. The molecule has 0 N–H and O–H groups in total. The van der Waals surface area contributed by atoms with Crippen LogP contribution in [0.5, 0.6) is 5.75 Å². The number of rotatable bonds is 4. The Morgan fingerprint density at radius 2 is 2.11 bits per heavy atom. The number of hydrogen-bond donors (Lipinski definition) is 1. The molecule has 0 aromatic heterocycles. The highest BCUT2D eigenvalue weighted by Crippen LogP contribution is 2.34.